The summed E-state index contributed by atoms with van der Waals surface area (Å²) in [6.07, 6.45) is 8.48. The van der Waals surface area contributed by atoms with E-state index in [1.807, 2.05) is 0 Å². The number of nitrogen functional groups attached to an aromatic ring is 1. The van der Waals surface area contributed by atoms with Gasteiger partial charge in [0.05, 0.1) is 12.6 Å². The van der Waals surface area contributed by atoms with Crippen LogP contribution in [-0.4, -0.2) is 25.2 Å². The maximum Gasteiger partial charge on any atom is 0.333 e. The van der Waals surface area contributed by atoms with Gasteiger partial charge in [-0.25, -0.2) is 9.36 Å². The molecule has 3 heterocycles. The number of imidazole rings is 1. The molecular formula is C16H23N5O3. The van der Waals surface area contributed by atoms with Crippen molar-refractivity contribution in [3.8, 4) is 12.3 Å². The Bertz CT molecular complexity index is 886. The molecule has 0 saturated carbocycles. The van der Waals surface area contributed by atoms with Crippen LogP contribution in [0, 0.1) is 12.3 Å². The van der Waals surface area contributed by atoms with Gasteiger partial charge in [0.2, 0.25) is 5.95 Å². The summed E-state index contributed by atoms with van der Waals surface area (Å²) in [7, 11) is 0. The summed E-state index contributed by atoms with van der Waals surface area (Å²) in [6, 6.07) is 0. The van der Waals surface area contributed by atoms with Gasteiger partial charge in [-0.15, -0.1) is 6.42 Å². The first-order chi connectivity index (χ1) is 11.1. The molecule has 8 heteroatoms. The Hall–Kier alpha value is -2.53. The number of nitrogens with zero attached hydrogens (tertiary/aromatic N) is 3. The maximum atomic E-state index is 12.7. The van der Waals surface area contributed by atoms with Crippen molar-refractivity contribution in [2.24, 2.45) is 0 Å². The molecular weight excluding hydrogens is 310 g/mol. The fourth-order valence-electron chi connectivity index (χ4n) is 3.11. The molecule has 0 amide bonds. The minimum atomic E-state index is -0.485. The van der Waals surface area contributed by atoms with E-state index in [1.165, 1.54) is 9.13 Å². The fraction of sp³-hybridized carbons (Fsp3) is 0.562. The highest BCUT2D eigenvalue weighted by Crippen LogP contribution is 2.31. The number of rotatable bonds is 4. The topological polar surface area (TPSA) is 108 Å². The summed E-state index contributed by atoms with van der Waals surface area (Å²) < 4.78 is 8.58. The average molecular weight is 333 g/mol. The van der Waals surface area contributed by atoms with E-state index >= 15 is 0 Å². The molecule has 1 fully saturated rings. The molecule has 2 aromatic heterocycles. The van der Waals surface area contributed by atoms with Crippen molar-refractivity contribution < 1.29 is 4.74 Å². The number of anilines is 1. The zero-order valence-corrected chi connectivity index (χ0v) is 12.9. The highest BCUT2D eigenvalue weighted by Gasteiger charge is 2.31. The summed E-state index contributed by atoms with van der Waals surface area (Å²) in [4.78, 5) is 31.4. The Morgan fingerprint density at radius 3 is 2.88 bits per heavy atom. The van der Waals surface area contributed by atoms with Crippen molar-refractivity contribution in [2.45, 2.75) is 58.9 Å². The summed E-state index contributed by atoms with van der Waals surface area (Å²) in [5, 5.41) is 0. The van der Waals surface area contributed by atoms with Crippen molar-refractivity contribution in [3.05, 3.63) is 20.8 Å². The van der Waals surface area contributed by atoms with Crippen molar-refractivity contribution in [1.82, 2.24) is 19.1 Å². The van der Waals surface area contributed by atoms with Crippen LogP contribution in [0.5, 0.6) is 0 Å². The number of aromatic nitrogens is 4. The molecule has 8 nitrogen and oxygen atoms in total. The smallest absolute Gasteiger partial charge is 0.333 e. The van der Waals surface area contributed by atoms with E-state index in [9.17, 15) is 9.59 Å². The normalized spacial score (nSPS) is 20.0. The Labute approximate surface area is 139 Å². The molecule has 24 heavy (non-hydrogen) atoms. The molecule has 0 radical (unpaired) electrons. The van der Waals surface area contributed by atoms with Gasteiger partial charge in [-0.2, -0.15) is 4.98 Å². The predicted octanol–water partition coefficient (Wildman–Crippen LogP) is 1.22. The van der Waals surface area contributed by atoms with Crippen LogP contribution in [0.2, 0.25) is 0 Å². The van der Waals surface area contributed by atoms with E-state index in [0.29, 0.717) is 6.42 Å². The number of hydrogen-bond acceptors (Lipinski definition) is 5. The van der Waals surface area contributed by atoms with Gasteiger partial charge in [0, 0.05) is 0 Å². The molecule has 0 spiro atoms. The number of aromatic amines is 1. The van der Waals surface area contributed by atoms with Gasteiger partial charge in [0.15, 0.2) is 11.2 Å². The quantitative estimate of drug-likeness (QED) is 0.818. The van der Waals surface area contributed by atoms with Gasteiger partial charge in [-0.05, 0) is 19.3 Å². The standard InChI is InChI=1S/C15H19N5O3.CH4/c1-3-5-9-6-7-10(23-9)20-12-11(13(21)18-14(16)17-12)19(8-4-2)15(20)22;/h2,9-10H,3,5-8H2,1H3,(H3,16,17,18,21);1H4. The monoisotopic (exact) mass is 333 g/mol. The Balaban J connectivity index is 0.00000208. The van der Waals surface area contributed by atoms with E-state index < -0.39 is 17.5 Å². The molecule has 1 aliphatic rings. The van der Waals surface area contributed by atoms with E-state index in [0.717, 1.165) is 19.3 Å². The number of H-pyrrole nitrogens is 1. The minimum Gasteiger partial charge on any atom is -0.369 e. The molecule has 0 aromatic carbocycles. The van der Waals surface area contributed by atoms with Crippen molar-refractivity contribution >= 4 is 17.1 Å². The second-order valence-corrected chi connectivity index (χ2v) is 5.64. The third-order valence-electron chi connectivity index (χ3n) is 4.06. The number of ether oxygens (including phenoxy) is 1. The van der Waals surface area contributed by atoms with Crippen LogP contribution in [0.3, 0.4) is 0 Å². The van der Waals surface area contributed by atoms with Crippen LogP contribution < -0.4 is 17.0 Å². The van der Waals surface area contributed by atoms with Crippen LogP contribution in [0.4, 0.5) is 5.95 Å². The van der Waals surface area contributed by atoms with Gasteiger partial charge in [0.1, 0.15) is 6.23 Å². The Morgan fingerprint density at radius 1 is 1.46 bits per heavy atom. The highest BCUT2D eigenvalue weighted by molar-refractivity contribution is 5.71. The zero-order chi connectivity index (χ0) is 16.6. The van der Waals surface area contributed by atoms with Crippen LogP contribution in [0.25, 0.3) is 11.2 Å². The molecule has 1 saturated heterocycles. The lowest BCUT2D eigenvalue weighted by atomic mass is 10.1. The molecule has 3 rings (SSSR count). The lowest BCUT2D eigenvalue weighted by Gasteiger charge is -2.14. The average Bonchev–Trinajstić information content (AvgIpc) is 3.03. The third kappa shape index (κ3) is 2.83. The van der Waals surface area contributed by atoms with Gasteiger partial charge >= 0.3 is 5.69 Å². The number of nitrogens with one attached hydrogen (secondary N) is 1. The molecule has 0 bridgehead atoms. The SMILES string of the molecule is C.C#CCn1c(=O)n(C2CCC(CCC)O2)c2nc(N)[nH]c(=O)c21. The van der Waals surface area contributed by atoms with Crippen LogP contribution in [-0.2, 0) is 11.3 Å². The molecule has 2 aromatic rings. The summed E-state index contributed by atoms with van der Waals surface area (Å²) in [5.41, 5.74) is 5.09. The van der Waals surface area contributed by atoms with E-state index in [-0.39, 0.29) is 37.2 Å². The minimum absolute atomic E-state index is 0. The molecule has 0 aliphatic carbocycles. The Kier molecular flexibility index (Phi) is 5.14. The van der Waals surface area contributed by atoms with Gasteiger partial charge in [-0.3, -0.25) is 14.3 Å². The van der Waals surface area contributed by atoms with Gasteiger partial charge < -0.3 is 10.5 Å². The summed E-state index contributed by atoms with van der Waals surface area (Å²) in [5.74, 6) is 2.34. The van der Waals surface area contributed by atoms with E-state index in [2.05, 4.69) is 22.8 Å². The molecule has 3 N–H and O–H groups in total. The van der Waals surface area contributed by atoms with Crippen LogP contribution in [0.15, 0.2) is 9.59 Å². The van der Waals surface area contributed by atoms with Crippen LogP contribution in [0.1, 0.15) is 46.3 Å². The lowest BCUT2D eigenvalue weighted by molar-refractivity contribution is -0.00160. The highest BCUT2D eigenvalue weighted by atomic mass is 16.5. The molecule has 130 valence electrons. The number of nitrogens with two attached hydrogens (primary N) is 1. The maximum absolute atomic E-state index is 12.7. The second-order valence-electron chi connectivity index (χ2n) is 5.64. The van der Waals surface area contributed by atoms with Gasteiger partial charge in [0.25, 0.3) is 5.56 Å². The first-order valence-electron chi connectivity index (χ1n) is 7.66. The second kappa shape index (κ2) is 6.93. The first-order valence-corrected chi connectivity index (χ1v) is 7.66. The third-order valence-corrected chi connectivity index (χ3v) is 4.06. The zero-order valence-electron chi connectivity index (χ0n) is 12.9. The van der Waals surface area contributed by atoms with Crippen molar-refractivity contribution in [1.29, 1.82) is 0 Å². The number of fused-ring (bicyclic) bond motifs is 1. The first kappa shape index (κ1) is 17.8. The summed E-state index contributed by atoms with van der Waals surface area (Å²) >= 11 is 0. The molecule has 2 unspecified atom stereocenters. The van der Waals surface area contributed by atoms with Crippen LogP contribution >= 0.6 is 0 Å². The molecule has 2 atom stereocenters. The molecule has 1 aliphatic heterocycles. The van der Waals surface area contributed by atoms with Crippen molar-refractivity contribution in [3.63, 3.8) is 0 Å². The van der Waals surface area contributed by atoms with E-state index in [4.69, 9.17) is 16.9 Å². The van der Waals surface area contributed by atoms with Gasteiger partial charge in [-0.1, -0.05) is 26.7 Å². The van der Waals surface area contributed by atoms with E-state index in [1.54, 1.807) is 0 Å². The lowest BCUT2D eigenvalue weighted by Crippen LogP contribution is -2.28. The number of terminal acetylenes is 1. The fourth-order valence-corrected chi connectivity index (χ4v) is 3.11. The predicted molar refractivity (Wildman–Crippen MR) is 92.6 cm³/mol. The summed E-state index contributed by atoms with van der Waals surface area (Å²) in [6.45, 7) is 2.07. The van der Waals surface area contributed by atoms with Crippen molar-refractivity contribution in [2.75, 3.05) is 5.73 Å². The number of hydrogen-bond donors (Lipinski definition) is 2. The largest absolute Gasteiger partial charge is 0.369 e. The Morgan fingerprint density at radius 2 is 2.21 bits per heavy atom.